The van der Waals surface area contributed by atoms with Crippen molar-refractivity contribution in [1.82, 2.24) is 4.90 Å². The summed E-state index contributed by atoms with van der Waals surface area (Å²) in [5.41, 5.74) is 1.12. The number of carbonyl (C=O) groups excluding carboxylic acids is 2. The molecule has 1 N–H and O–H groups in total. The number of ether oxygens (including phenoxy) is 2. The zero-order chi connectivity index (χ0) is 21.4. The van der Waals surface area contributed by atoms with Gasteiger partial charge in [0.1, 0.15) is 24.7 Å². The molecule has 3 heterocycles. The lowest BCUT2D eigenvalue weighted by atomic mass is 9.95. The standard InChI is InChI=1S/C24H19NO6/c26-22(16-8-9-18-19(13-16)31-12-11-30-18)20-21(15-5-2-1-3-6-15)25(24(28)23(20)27)14-17-7-4-10-29-17/h1-10,13,21,26H,11-12,14H2/b22-20+. The molecule has 0 radical (unpaired) electrons. The van der Waals surface area contributed by atoms with Crippen molar-refractivity contribution in [2.75, 3.05) is 13.2 Å². The summed E-state index contributed by atoms with van der Waals surface area (Å²) in [6.45, 7) is 0.952. The number of carbonyl (C=O) groups is 2. The van der Waals surface area contributed by atoms with Crippen LogP contribution >= 0.6 is 0 Å². The van der Waals surface area contributed by atoms with Crippen LogP contribution in [0.2, 0.25) is 0 Å². The van der Waals surface area contributed by atoms with Gasteiger partial charge in [0.2, 0.25) is 0 Å². The Kier molecular flexibility index (Phi) is 4.71. The minimum absolute atomic E-state index is 0.0273. The van der Waals surface area contributed by atoms with Crippen molar-refractivity contribution in [2.24, 2.45) is 0 Å². The van der Waals surface area contributed by atoms with Crippen molar-refractivity contribution < 1.29 is 28.6 Å². The molecule has 0 aliphatic carbocycles. The Morgan fingerprint density at radius 2 is 1.74 bits per heavy atom. The van der Waals surface area contributed by atoms with E-state index in [9.17, 15) is 14.7 Å². The van der Waals surface area contributed by atoms with Crippen molar-refractivity contribution in [3.05, 3.63) is 89.4 Å². The maximum absolute atomic E-state index is 13.0. The third kappa shape index (κ3) is 3.34. The van der Waals surface area contributed by atoms with Crippen LogP contribution in [0.4, 0.5) is 0 Å². The van der Waals surface area contributed by atoms with Gasteiger partial charge in [0.05, 0.1) is 24.4 Å². The van der Waals surface area contributed by atoms with E-state index in [1.165, 1.54) is 11.2 Å². The van der Waals surface area contributed by atoms with Crippen molar-refractivity contribution in [3.8, 4) is 11.5 Å². The topological polar surface area (TPSA) is 89.2 Å². The van der Waals surface area contributed by atoms with Crippen LogP contribution in [0, 0.1) is 0 Å². The van der Waals surface area contributed by atoms with Crippen LogP contribution in [0.3, 0.4) is 0 Å². The smallest absolute Gasteiger partial charge is 0.296 e. The fourth-order valence-electron chi connectivity index (χ4n) is 3.94. The van der Waals surface area contributed by atoms with E-state index in [4.69, 9.17) is 13.9 Å². The number of benzene rings is 2. The number of Topliss-reactive ketones (excluding diaryl/α,β-unsaturated/α-hetero) is 1. The summed E-state index contributed by atoms with van der Waals surface area (Å²) < 4.78 is 16.5. The van der Waals surface area contributed by atoms with Gasteiger partial charge >= 0.3 is 0 Å². The second-order valence-corrected chi connectivity index (χ2v) is 7.28. The van der Waals surface area contributed by atoms with Crippen LogP contribution in [0.5, 0.6) is 11.5 Å². The third-order valence-corrected chi connectivity index (χ3v) is 5.38. The molecule has 1 unspecified atom stereocenters. The molecule has 1 atom stereocenters. The zero-order valence-corrected chi connectivity index (χ0v) is 16.5. The first-order valence-corrected chi connectivity index (χ1v) is 9.89. The first-order chi connectivity index (χ1) is 15.1. The van der Waals surface area contributed by atoms with E-state index >= 15 is 0 Å². The van der Waals surface area contributed by atoms with Gasteiger partial charge in [0.15, 0.2) is 11.5 Å². The Hall–Kier alpha value is -4.00. The highest BCUT2D eigenvalue weighted by molar-refractivity contribution is 6.46. The number of likely N-dealkylation sites (tertiary alicyclic amines) is 1. The lowest BCUT2D eigenvalue weighted by Crippen LogP contribution is -2.29. The molecule has 1 saturated heterocycles. The van der Waals surface area contributed by atoms with Gasteiger partial charge in [-0.05, 0) is 35.9 Å². The number of furan rings is 1. The van der Waals surface area contributed by atoms with Gasteiger partial charge in [0.25, 0.3) is 11.7 Å². The van der Waals surface area contributed by atoms with Crippen molar-refractivity contribution in [1.29, 1.82) is 0 Å². The van der Waals surface area contributed by atoms with E-state index in [0.29, 0.717) is 41.6 Å². The molecular formula is C24H19NO6. The van der Waals surface area contributed by atoms with Crippen LogP contribution in [0.25, 0.3) is 5.76 Å². The van der Waals surface area contributed by atoms with E-state index in [1.807, 2.05) is 30.3 Å². The molecule has 2 aliphatic heterocycles. The fourth-order valence-corrected chi connectivity index (χ4v) is 3.94. The molecule has 7 nitrogen and oxygen atoms in total. The lowest BCUT2D eigenvalue weighted by molar-refractivity contribution is -0.140. The third-order valence-electron chi connectivity index (χ3n) is 5.38. The normalized spacial score (nSPS) is 19.6. The molecule has 0 spiro atoms. The SMILES string of the molecule is O=C1C(=O)N(Cc2ccco2)C(c2ccccc2)/C1=C(\O)c1ccc2c(c1)OCCO2. The molecule has 1 amide bonds. The van der Waals surface area contributed by atoms with Gasteiger partial charge in [-0.1, -0.05) is 30.3 Å². The van der Waals surface area contributed by atoms with E-state index in [1.54, 1.807) is 30.3 Å². The van der Waals surface area contributed by atoms with Gasteiger partial charge < -0.3 is 23.9 Å². The zero-order valence-electron chi connectivity index (χ0n) is 16.5. The highest BCUT2D eigenvalue weighted by Crippen LogP contribution is 2.41. The van der Waals surface area contributed by atoms with Gasteiger partial charge in [-0.2, -0.15) is 0 Å². The van der Waals surface area contributed by atoms with E-state index in [2.05, 4.69) is 0 Å². The number of fused-ring (bicyclic) bond motifs is 1. The largest absolute Gasteiger partial charge is 0.507 e. The predicted octanol–water partition coefficient (Wildman–Crippen LogP) is 3.67. The maximum atomic E-state index is 13.0. The average Bonchev–Trinajstić information content (AvgIpc) is 3.41. The first kappa shape index (κ1) is 19.0. The van der Waals surface area contributed by atoms with Crippen LogP contribution in [0.15, 0.2) is 76.9 Å². The summed E-state index contributed by atoms with van der Waals surface area (Å²) in [6.07, 6.45) is 1.51. The van der Waals surface area contributed by atoms with Gasteiger partial charge in [-0.25, -0.2) is 0 Å². The number of aliphatic hydroxyl groups excluding tert-OH is 1. The Balaban J connectivity index is 1.63. The summed E-state index contributed by atoms with van der Waals surface area (Å²) in [6, 6.07) is 16.8. The summed E-state index contributed by atoms with van der Waals surface area (Å²) in [4.78, 5) is 27.4. The van der Waals surface area contributed by atoms with Gasteiger partial charge in [0, 0.05) is 5.56 Å². The quantitative estimate of drug-likeness (QED) is 0.396. The Morgan fingerprint density at radius 1 is 0.968 bits per heavy atom. The molecular weight excluding hydrogens is 398 g/mol. The fraction of sp³-hybridized carbons (Fsp3) is 0.167. The monoisotopic (exact) mass is 417 g/mol. The Bertz CT molecular complexity index is 1170. The number of amides is 1. The van der Waals surface area contributed by atoms with E-state index in [0.717, 1.165) is 0 Å². The minimum atomic E-state index is -0.750. The van der Waals surface area contributed by atoms with Gasteiger partial charge in [-0.3, -0.25) is 9.59 Å². The second-order valence-electron chi connectivity index (χ2n) is 7.28. The lowest BCUT2D eigenvalue weighted by Gasteiger charge is -2.24. The molecule has 1 fully saturated rings. The second kappa shape index (κ2) is 7.68. The highest BCUT2D eigenvalue weighted by atomic mass is 16.6. The molecule has 3 aromatic rings. The molecule has 31 heavy (non-hydrogen) atoms. The Morgan fingerprint density at radius 3 is 2.48 bits per heavy atom. The first-order valence-electron chi connectivity index (χ1n) is 9.89. The number of rotatable bonds is 4. The number of hydrogen-bond donors (Lipinski definition) is 1. The van der Waals surface area contributed by atoms with Crippen molar-refractivity contribution in [2.45, 2.75) is 12.6 Å². The molecule has 0 saturated carbocycles. The van der Waals surface area contributed by atoms with Crippen molar-refractivity contribution in [3.63, 3.8) is 0 Å². The molecule has 1 aromatic heterocycles. The number of hydrogen-bond acceptors (Lipinski definition) is 6. The highest BCUT2D eigenvalue weighted by Gasteiger charge is 2.46. The average molecular weight is 417 g/mol. The van der Waals surface area contributed by atoms with Crippen LogP contribution in [-0.2, 0) is 16.1 Å². The number of ketones is 1. The molecule has 7 heteroatoms. The summed E-state index contributed by atoms with van der Waals surface area (Å²) in [5, 5.41) is 11.1. The molecule has 156 valence electrons. The van der Waals surface area contributed by atoms with E-state index < -0.39 is 17.7 Å². The van der Waals surface area contributed by atoms with Crippen LogP contribution in [0.1, 0.15) is 22.9 Å². The van der Waals surface area contributed by atoms with E-state index in [-0.39, 0.29) is 17.9 Å². The Labute approximate surface area is 178 Å². The molecule has 2 aliphatic rings. The number of aliphatic hydroxyl groups is 1. The predicted molar refractivity (Wildman–Crippen MR) is 110 cm³/mol. The molecule has 5 rings (SSSR count). The summed E-state index contributed by atoms with van der Waals surface area (Å²) >= 11 is 0. The minimum Gasteiger partial charge on any atom is -0.507 e. The molecule has 0 bridgehead atoms. The maximum Gasteiger partial charge on any atom is 0.296 e. The van der Waals surface area contributed by atoms with Crippen molar-refractivity contribution >= 4 is 17.4 Å². The summed E-state index contributed by atoms with van der Waals surface area (Å²) in [7, 11) is 0. The molecule has 2 aromatic carbocycles. The van der Waals surface area contributed by atoms with Crippen LogP contribution < -0.4 is 9.47 Å². The number of nitrogens with zero attached hydrogens (tertiary/aromatic N) is 1. The van der Waals surface area contributed by atoms with Gasteiger partial charge in [-0.15, -0.1) is 0 Å². The summed E-state index contributed by atoms with van der Waals surface area (Å²) in [5.74, 6) is -0.0949. The van der Waals surface area contributed by atoms with Crippen LogP contribution in [-0.4, -0.2) is 34.9 Å².